The van der Waals surface area contributed by atoms with Gasteiger partial charge in [0, 0.05) is 19.3 Å². The van der Waals surface area contributed by atoms with E-state index in [1.54, 1.807) is 0 Å². The molecule has 0 bridgehead atoms. The second-order valence-corrected chi connectivity index (χ2v) is 10.2. The Morgan fingerprint density at radius 2 is 1.85 bits per heavy atom. The highest BCUT2D eigenvalue weighted by molar-refractivity contribution is 8.04. The number of carbonyl (C=O) groups excluding carboxylic acids is 1. The lowest BCUT2D eigenvalue weighted by atomic mass is 9.76. The van der Waals surface area contributed by atoms with Crippen molar-refractivity contribution in [1.82, 2.24) is 0 Å². The van der Waals surface area contributed by atoms with Crippen LogP contribution in [0, 0.1) is 5.41 Å². The van der Waals surface area contributed by atoms with Crippen LogP contribution < -0.4 is 11.1 Å². The molecule has 1 unspecified atom stereocenters. The number of thioether (sulfide) groups is 1. The number of anilines is 1. The molecule has 6 heteroatoms. The van der Waals surface area contributed by atoms with Gasteiger partial charge in [-0.3, -0.25) is 4.79 Å². The maximum Gasteiger partial charge on any atom is 0.307 e. The molecule has 0 spiro atoms. The molecule has 0 saturated carbocycles. The number of carbonyl (C=O) groups is 2. The summed E-state index contributed by atoms with van der Waals surface area (Å²) < 4.78 is 0. The largest absolute Gasteiger partial charge is 0.481 e. The molecule has 0 amide bonds. The van der Waals surface area contributed by atoms with Crippen LogP contribution in [0.25, 0.3) is 10.8 Å². The minimum absolute atomic E-state index is 0.0880. The van der Waals surface area contributed by atoms with Crippen molar-refractivity contribution in [2.45, 2.75) is 72.1 Å². The van der Waals surface area contributed by atoms with Crippen molar-refractivity contribution in [2.24, 2.45) is 11.1 Å². The summed E-state index contributed by atoms with van der Waals surface area (Å²) in [6.07, 6.45) is 3.81. The molecule has 33 heavy (non-hydrogen) atoms. The Bertz CT molecular complexity index is 911. The highest BCUT2D eigenvalue weighted by Gasteiger charge is 2.28. The zero-order valence-electron chi connectivity index (χ0n) is 20.9. The van der Waals surface area contributed by atoms with Crippen molar-refractivity contribution >= 4 is 40.5 Å². The summed E-state index contributed by atoms with van der Waals surface area (Å²) in [5, 5.41) is 14.5. The number of fused-ring (bicyclic) bond motifs is 1. The molecule has 1 aliphatic rings. The predicted octanol–water partition coefficient (Wildman–Crippen LogP) is 6.61. The van der Waals surface area contributed by atoms with E-state index < -0.39 is 5.97 Å². The molecule has 0 heterocycles. The molecule has 1 atom stereocenters. The molecule has 2 aromatic rings. The lowest BCUT2D eigenvalue weighted by molar-refractivity contribution is -0.136. The maximum atomic E-state index is 10.9. The van der Waals surface area contributed by atoms with Gasteiger partial charge in [0.15, 0.2) is 0 Å². The van der Waals surface area contributed by atoms with E-state index in [4.69, 9.17) is 10.8 Å². The summed E-state index contributed by atoms with van der Waals surface area (Å²) in [6.45, 7) is 10.8. The molecular formula is C27H40N2O3S. The highest BCUT2D eigenvalue weighted by atomic mass is 32.2. The standard InChI is InChI=1S/C13H20O3S.C12H14N2.C2H6/c1-9(8-14)17-11-4-5-13(2,3)7-10(11)6-12(15)16;1-14-12-7-10-5-3-2-4-9(10)6-11(12)8-13;1-2/h8-9H,4-7H2,1-3H3,(H,15,16);2-7,14H,8,13H2,1H3;1-2H3. The number of carboxylic acids is 1. The van der Waals surface area contributed by atoms with Crippen LogP contribution in [0.5, 0.6) is 0 Å². The number of rotatable bonds is 7. The minimum atomic E-state index is -0.783. The number of allylic oxidation sites excluding steroid dienone is 1. The van der Waals surface area contributed by atoms with Gasteiger partial charge in [-0.25, -0.2) is 0 Å². The second-order valence-electron chi connectivity index (χ2n) is 8.71. The number of hydrogen-bond donors (Lipinski definition) is 3. The van der Waals surface area contributed by atoms with Crippen molar-refractivity contribution in [3.8, 4) is 0 Å². The van der Waals surface area contributed by atoms with E-state index >= 15 is 0 Å². The van der Waals surface area contributed by atoms with Gasteiger partial charge in [-0.15, -0.1) is 11.8 Å². The molecule has 1 aliphatic carbocycles. The predicted molar refractivity (Wildman–Crippen MR) is 143 cm³/mol. The first-order valence-electron chi connectivity index (χ1n) is 11.6. The van der Waals surface area contributed by atoms with E-state index in [-0.39, 0.29) is 17.1 Å². The van der Waals surface area contributed by atoms with Gasteiger partial charge in [0.25, 0.3) is 0 Å². The Morgan fingerprint density at radius 3 is 2.36 bits per heavy atom. The Morgan fingerprint density at radius 1 is 1.24 bits per heavy atom. The average Bonchev–Trinajstić information content (AvgIpc) is 2.80. The van der Waals surface area contributed by atoms with E-state index in [1.165, 1.54) is 22.5 Å². The lowest BCUT2D eigenvalue weighted by Crippen LogP contribution is -2.20. The topological polar surface area (TPSA) is 92.4 Å². The normalized spacial score (nSPS) is 15.5. The fraction of sp³-hybridized carbons (Fsp3) is 0.481. The zero-order chi connectivity index (χ0) is 25.0. The second kappa shape index (κ2) is 14.1. The Balaban J connectivity index is 0.000000311. The van der Waals surface area contributed by atoms with E-state index in [0.717, 1.165) is 47.3 Å². The first-order valence-corrected chi connectivity index (χ1v) is 12.5. The average molecular weight is 473 g/mol. The molecule has 0 radical (unpaired) electrons. The third-order valence-electron chi connectivity index (χ3n) is 5.46. The molecule has 0 aromatic heterocycles. The quantitative estimate of drug-likeness (QED) is 0.393. The summed E-state index contributed by atoms with van der Waals surface area (Å²) in [5.74, 6) is -0.783. The van der Waals surface area contributed by atoms with Crippen molar-refractivity contribution < 1.29 is 14.7 Å². The van der Waals surface area contributed by atoms with Gasteiger partial charge < -0.3 is 21.0 Å². The van der Waals surface area contributed by atoms with Gasteiger partial charge >= 0.3 is 5.97 Å². The van der Waals surface area contributed by atoms with E-state index in [9.17, 15) is 9.59 Å². The van der Waals surface area contributed by atoms with Crippen molar-refractivity contribution in [3.05, 3.63) is 52.4 Å². The highest BCUT2D eigenvalue weighted by Crippen LogP contribution is 2.44. The molecule has 4 N–H and O–H groups in total. The minimum Gasteiger partial charge on any atom is -0.481 e. The smallest absolute Gasteiger partial charge is 0.307 e. The van der Waals surface area contributed by atoms with Gasteiger partial charge in [-0.1, -0.05) is 52.0 Å². The maximum absolute atomic E-state index is 10.9. The number of carboxylic acid groups (broad SMARTS) is 1. The number of nitrogens with two attached hydrogens (primary N) is 1. The zero-order valence-corrected chi connectivity index (χ0v) is 21.7. The molecule has 0 aliphatic heterocycles. The molecule has 0 fully saturated rings. The van der Waals surface area contributed by atoms with Crippen LogP contribution in [0.15, 0.2) is 46.9 Å². The van der Waals surface area contributed by atoms with Crippen LogP contribution in [-0.2, 0) is 16.1 Å². The van der Waals surface area contributed by atoms with Gasteiger partial charge in [0.1, 0.15) is 6.29 Å². The van der Waals surface area contributed by atoms with Crippen LogP contribution in [0.2, 0.25) is 0 Å². The van der Waals surface area contributed by atoms with Crippen LogP contribution in [-0.4, -0.2) is 29.7 Å². The van der Waals surface area contributed by atoms with E-state index in [1.807, 2.05) is 40.0 Å². The molecule has 182 valence electrons. The SMILES string of the molecule is CC.CC(C=O)SC1=C(CC(=O)O)CC(C)(C)CC1.CNc1cc2ccccc2cc1CN. The summed E-state index contributed by atoms with van der Waals surface area (Å²) in [6, 6.07) is 12.6. The van der Waals surface area contributed by atoms with Gasteiger partial charge in [0.2, 0.25) is 0 Å². The van der Waals surface area contributed by atoms with E-state index in [0.29, 0.717) is 6.54 Å². The number of aliphatic carboxylic acids is 1. The first-order chi connectivity index (χ1) is 15.7. The number of benzene rings is 2. The Labute approximate surface area is 203 Å². The van der Waals surface area contributed by atoms with Crippen molar-refractivity contribution in [3.63, 3.8) is 0 Å². The summed E-state index contributed by atoms with van der Waals surface area (Å²) in [4.78, 5) is 22.7. The lowest BCUT2D eigenvalue weighted by Gasteiger charge is -2.33. The summed E-state index contributed by atoms with van der Waals surface area (Å²) in [5.41, 5.74) is 9.14. The van der Waals surface area contributed by atoms with Crippen molar-refractivity contribution in [1.29, 1.82) is 0 Å². The first kappa shape index (κ1) is 28.7. The molecule has 0 saturated heterocycles. The summed E-state index contributed by atoms with van der Waals surface area (Å²) in [7, 11) is 1.92. The van der Waals surface area contributed by atoms with Gasteiger partial charge in [-0.2, -0.15) is 0 Å². The Kier molecular flexibility index (Phi) is 12.2. The summed E-state index contributed by atoms with van der Waals surface area (Å²) >= 11 is 1.52. The fourth-order valence-electron chi connectivity index (χ4n) is 3.82. The molecule has 2 aromatic carbocycles. The third-order valence-corrected chi connectivity index (χ3v) is 6.72. The van der Waals surface area contributed by atoms with Gasteiger partial charge in [-0.05, 0) is 70.5 Å². The Hall–Kier alpha value is -2.31. The molecule has 5 nitrogen and oxygen atoms in total. The van der Waals surface area contributed by atoms with Crippen LogP contribution in [0.4, 0.5) is 5.69 Å². The van der Waals surface area contributed by atoms with Gasteiger partial charge in [0.05, 0.1) is 11.7 Å². The molecular weight excluding hydrogens is 432 g/mol. The third kappa shape index (κ3) is 9.22. The monoisotopic (exact) mass is 472 g/mol. The van der Waals surface area contributed by atoms with Crippen molar-refractivity contribution in [2.75, 3.05) is 12.4 Å². The number of aldehydes is 1. The van der Waals surface area contributed by atoms with E-state index in [2.05, 4.69) is 43.4 Å². The number of hydrogen-bond acceptors (Lipinski definition) is 5. The fourth-order valence-corrected chi connectivity index (χ4v) is 4.86. The van der Waals surface area contributed by atoms with Crippen LogP contribution >= 0.6 is 11.8 Å². The van der Waals surface area contributed by atoms with Crippen LogP contribution in [0.3, 0.4) is 0 Å². The van der Waals surface area contributed by atoms with Crippen LogP contribution in [0.1, 0.15) is 65.9 Å². The molecule has 3 rings (SSSR count). The number of nitrogens with one attached hydrogen (secondary N) is 1.